The first-order chi connectivity index (χ1) is 7.72. The van der Waals surface area contributed by atoms with Gasteiger partial charge in [-0.1, -0.05) is 6.07 Å². The van der Waals surface area contributed by atoms with Crippen molar-refractivity contribution in [2.75, 3.05) is 5.73 Å². The fourth-order valence-corrected chi connectivity index (χ4v) is 1.63. The molecule has 2 aromatic rings. The summed E-state index contributed by atoms with van der Waals surface area (Å²) in [6.07, 6.45) is 1.74. The van der Waals surface area contributed by atoms with Crippen molar-refractivity contribution >= 4 is 5.69 Å². The first-order valence-corrected chi connectivity index (χ1v) is 4.94. The topological polar surface area (TPSA) is 62.7 Å². The molecule has 1 aromatic heterocycles. The first kappa shape index (κ1) is 10.2. The molecule has 0 saturated heterocycles. The van der Waals surface area contributed by atoms with Gasteiger partial charge in [0.25, 0.3) is 0 Å². The average Bonchev–Trinajstić information content (AvgIpc) is 2.31. The molecule has 0 saturated carbocycles. The average molecular weight is 209 g/mol. The lowest BCUT2D eigenvalue weighted by Crippen LogP contribution is -1.94. The molecule has 0 amide bonds. The number of benzene rings is 1. The van der Waals surface area contributed by atoms with Gasteiger partial charge in [-0.25, -0.2) is 0 Å². The van der Waals surface area contributed by atoms with E-state index >= 15 is 0 Å². The molecular weight excluding hydrogens is 198 g/mol. The number of nitrogen functional groups attached to an aromatic ring is 1. The molecule has 2 N–H and O–H groups in total. The maximum atomic E-state index is 8.86. The maximum Gasteiger partial charge on any atom is 0.0991 e. The van der Waals surface area contributed by atoms with Crippen LogP contribution in [-0.2, 0) is 0 Å². The van der Waals surface area contributed by atoms with Crippen molar-refractivity contribution < 1.29 is 0 Å². The van der Waals surface area contributed by atoms with Gasteiger partial charge in [0, 0.05) is 28.7 Å². The third kappa shape index (κ3) is 1.73. The summed E-state index contributed by atoms with van der Waals surface area (Å²) < 4.78 is 0. The summed E-state index contributed by atoms with van der Waals surface area (Å²) in [5.74, 6) is 0. The van der Waals surface area contributed by atoms with E-state index in [1.807, 2.05) is 19.1 Å². The van der Waals surface area contributed by atoms with Gasteiger partial charge in [0.15, 0.2) is 0 Å². The summed E-state index contributed by atoms with van der Waals surface area (Å²) in [5, 5.41) is 8.86. The molecule has 2 rings (SSSR count). The lowest BCUT2D eigenvalue weighted by atomic mass is 10.0. The fourth-order valence-electron chi connectivity index (χ4n) is 1.63. The van der Waals surface area contributed by atoms with Crippen LogP contribution in [-0.4, -0.2) is 4.98 Å². The molecule has 0 atom stereocenters. The van der Waals surface area contributed by atoms with E-state index in [-0.39, 0.29) is 0 Å². The highest BCUT2D eigenvalue weighted by Gasteiger charge is 2.06. The van der Waals surface area contributed by atoms with Crippen molar-refractivity contribution in [2.24, 2.45) is 0 Å². The van der Waals surface area contributed by atoms with E-state index in [1.165, 1.54) is 0 Å². The minimum atomic E-state index is 0.604. The van der Waals surface area contributed by atoms with Crippen LogP contribution in [0, 0.1) is 18.3 Å². The molecule has 0 radical (unpaired) electrons. The van der Waals surface area contributed by atoms with Gasteiger partial charge in [0.1, 0.15) is 0 Å². The maximum absolute atomic E-state index is 8.86. The Morgan fingerprint density at radius 3 is 2.75 bits per heavy atom. The van der Waals surface area contributed by atoms with E-state index < -0.39 is 0 Å². The van der Waals surface area contributed by atoms with Gasteiger partial charge in [-0.15, -0.1) is 0 Å². The molecule has 0 spiro atoms. The highest BCUT2D eigenvalue weighted by Crippen LogP contribution is 2.28. The molecule has 1 heterocycles. The van der Waals surface area contributed by atoms with E-state index in [9.17, 15) is 0 Å². The number of nitriles is 1. The zero-order valence-corrected chi connectivity index (χ0v) is 8.94. The summed E-state index contributed by atoms with van der Waals surface area (Å²) >= 11 is 0. The molecule has 1 aromatic carbocycles. The van der Waals surface area contributed by atoms with Crippen LogP contribution in [0.15, 0.2) is 36.5 Å². The monoisotopic (exact) mass is 209 g/mol. The Morgan fingerprint density at radius 2 is 2.06 bits per heavy atom. The number of aromatic nitrogens is 1. The molecule has 0 aliphatic heterocycles. The zero-order valence-electron chi connectivity index (χ0n) is 8.94. The van der Waals surface area contributed by atoms with Gasteiger partial charge in [-0.2, -0.15) is 5.26 Å². The van der Waals surface area contributed by atoms with Crippen LogP contribution in [0.25, 0.3) is 11.1 Å². The number of nitrogens with zero attached hydrogens (tertiary/aromatic N) is 2. The predicted octanol–water partition coefficient (Wildman–Crippen LogP) is 2.51. The molecule has 0 aliphatic carbocycles. The number of aryl methyl sites for hydroxylation is 1. The molecule has 0 fully saturated rings. The van der Waals surface area contributed by atoms with Crippen LogP contribution in [0.4, 0.5) is 5.69 Å². The van der Waals surface area contributed by atoms with Crippen LogP contribution in [0.3, 0.4) is 0 Å². The molecule has 0 bridgehead atoms. The second kappa shape index (κ2) is 4.03. The van der Waals surface area contributed by atoms with E-state index in [4.69, 9.17) is 11.0 Å². The minimum absolute atomic E-state index is 0.604. The number of hydrogen-bond acceptors (Lipinski definition) is 3. The highest BCUT2D eigenvalue weighted by molar-refractivity contribution is 5.78. The van der Waals surface area contributed by atoms with Crippen LogP contribution in [0.1, 0.15) is 11.3 Å². The van der Waals surface area contributed by atoms with Crippen molar-refractivity contribution in [1.82, 2.24) is 4.98 Å². The standard InChI is InChI=1S/C13H11N3/c1-9-11(3-2-6-16-9)12-7-10(8-14)4-5-13(12)15/h2-7H,15H2,1H3. The predicted molar refractivity (Wildman–Crippen MR) is 63.5 cm³/mol. The Labute approximate surface area is 94.2 Å². The van der Waals surface area contributed by atoms with Gasteiger partial charge < -0.3 is 5.73 Å². The Hall–Kier alpha value is -2.34. The zero-order chi connectivity index (χ0) is 11.5. The largest absolute Gasteiger partial charge is 0.398 e. The SMILES string of the molecule is Cc1ncccc1-c1cc(C#N)ccc1N. The smallest absolute Gasteiger partial charge is 0.0991 e. The number of hydrogen-bond donors (Lipinski definition) is 1. The number of pyridine rings is 1. The van der Waals surface area contributed by atoms with Crippen LogP contribution in [0.2, 0.25) is 0 Å². The van der Waals surface area contributed by atoms with Gasteiger partial charge in [-0.3, -0.25) is 4.98 Å². The Kier molecular flexibility index (Phi) is 2.57. The summed E-state index contributed by atoms with van der Waals surface area (Å²) in [6.45, 7) is 1.92. The van der Waals surface area contributed by atoms with Crippen molar-refractivity contribution in [3.8, 4) is 17.2 Å². The van der Waals surface area contributed by atoms with Crippen molar-refractivity contribution in [3.05, 3.63) is 47.8 Å². The Bertz CT molecular complexity index is 568. The molecule has 3 nitrogen and oxygen atoms in total. The molecule has 3 heteroatoms. The molecule has 78 valence electrons. The van der Waals surface area contributed by atoms with E-state index in [0.717, 1.165) is 16.8 Å². The molecule has 16 heavy (non-hydrogen) atoms. The summed E-state index contributed by atoms with van der Waals surface area (Å²) in [7, 11) is 0. The Balaban J connectivity index is 2.65. The van der Waals surface area contributed by atoms with Crippen LogP contribution >= 0.6 is 0 Å². The molecular formula is C13H11N3. The second-order valence-corrected chi connectivity index (χ2v) is 3.55. The number of nitrogens with two attached hydrogens (primary N) is 1. The highest BCUT2D eigenvalue weighted by atomic mass is 14.7. The van der Waals surface area contributed by atoms with E-state index in [2.05, 4.69) is 11.1 Å². The van der Waals surface area contributed by atoms with E-state index in [1.54, 1.807) is 24.4 Å². The fraction of sp³-hybridized carbons (Fsp3) is 0.0769. The third-order valence-electron chi connectivity index (χ3n) is 2.48. The number of rotatable bonds is 1. The van der Waals surface area contributed by atoms with Gasteiger partial charge in [0.05, 0.1) is 11.6 Å². The van der Waals surface area contributed by atoms with Gasteiger partial charge in [-0.05, 0) is 31.2 Å². The summed E-state index contributed by atoms with van der Waals surface area (Å²) in [5.41, 5.74) is 9.92. The lowest BCUT2D eigenvalue weighted by molar-refractivity contribution is 1.20. The quantitative estimate of drug-likeness (QED) is 0.734. The normalized spacial score (nSPS) is 9.75. The molecule has 0 unspecified atom stereocenters. The van der Waals surface area contributed by atoms with Crippen molar-refractivity contribution in [3.63, 3.8) is 0 Å². The second-order valence-electron chi connectivity index (χ2n) is 3.55. The van der Waals surface area contributed by atoms with Gasteiger partial charge in [0.2, 0.25) is 0 Å². The van der Waals surface area contributed by atoms with Gasteiger partial charge >= 0.3 is 0 Å². The third-order valence-corrected chi connectivity index (χ3v) is 2.48. The summed E-state index contributed by atoms with van der Waals surface area (Å²) in [4.78, 5) is 4.21. The first-order valence-electron chi connectivity index (χ1n) is 4.94. The van der Waals surface area contributed by atoms with Crippen LogP contribution in [0.5, 0.6) is 0 Å². The summed E-state index contributed by atoms with van der Waals surface area (Å²) in [6, 6.07) is 11.2. The van der Waals surface area contributed by atoms with E-state index in [0.29, 0.717) is 11.3 Å². The lowest BCUT2D eigenvalue weighted by Gasteiger charge is -2.08. The van der Waals surface area contributed by atoms with Crippen molar-refractivity contribution in [1.29, 1.82) is 5.26 Å². The van der Waals surface area contributed by atoms with Crippen molar-refractivity contribution in [2.45, 2.75) is 6.92 Å². The minimum Gasteiger partial charge on any atom is -0.398 e. The number of anilines is 1. The van der Waals surface area contributed by atoms with Crippen LogP contribution < -0.4 is 5.73 Å². The molecule has 0 aliphatic rings. The Morgan fingerprint density at radius 1 is 1.25 bits per heavy atom.